The number of benzene rings is 7. The smallest absolute Gasteiger partial charge is 0.0506 e. The van der Waals surface area contributed by atoms with E-state index in [-0.39, 0.29) is 16.2 Å². The second-order valence-electron chi connectivity index (χ2n) is 17.2. The van der Waals surface area contributed by atoms with E-state index in [0.29, 0.717) is 0 Å². The van der Waals surface area contributed by atoms with Gasteiger partial charge in [0.1, 0.15) is 0 Å². The fraction of sp³-hybridized carbons (Fsp3) is 0.192. The summed E-state index contributed by atoms with van der Waals surface area (Å²) in [5.74, 6) is 0. The summed E-state index contributed by atoms with van der Waals surface area (Å²) in [4.78, 5) is 4.79. The highest BCUT2D eigenvalue weighted by atomic mass is 15.2. The van der Waals surface area contributed by atoms with Gasteiger partial charge in [-0.1, -0.05) is 146 Å². The van der Waals surface area contributed by atoms with Crippen LogP contribution in [0.3, 0.4) is 0 Å². The maximum atomic E-state index is 2.51. The number of nitrogens with zero attached hydrogens (tertiary/aromatic N) is 2. The van der Waals surface area contributed by atoms with Gasteiger partial charge in [-0.05, 0) is 121 Å². The van der Waals surface area contributed by atoms with Crippen molar-refractivity contribution in [3.05, 3.63) is 191 Å². The average Bonchev–Trinajstić information content (AvgIpc) is 3.39. The summed E-state index contributed by atoms with van der Waals surface area (Å²) in [5, 5.41) is 2.48. The van der Waals surface area contributed by atoms with E-state index in [0.717, 1.165) is 11.4 Å². The lowest BCUT2D eigenvalue weighted by atomic mass is 9.71. The Morgan fingerprint density at radius 3 is 1.93 bits per heavy atom. The Hall–Kier alpha value is -5.86. The SMILES string of the molecule is CC(C)(C)c1ccc(N2c3ccccc3C(C)(C)c3cc4c(cc32)C(C)(C)c2cc(/C=C/N(c3ccccc3)c3ccc5ccccc5c3)ccc2-4)cc1. The second-order valence-corrected chi connectivity index (χ2v) is 17.2. The van der Waals surface area contributed by atoms with Crippen LogP contribution in [-0.4, -0.2) is 0 Å². The molecule has 2 heteroatoms. The van der Waals surface area contributed by atoms with E-state index >= 15 is 0 Å². The molecular formula is C52H48N2. The summed E-state index contributed by atoms with van der Waals surface area (Å²) < 4.78 is 0. The molecule has 0 N–H and O–H groups in total. The van der Waals surface area contributed by atoms with Gasteiger partial charge in [-0.25, -0.2) is 0 Å². The minimum absolute atomic E-state index is 0.0964. The molecule has 7 aromatic carbocycles. The largest absolute Gasteiger partial charge is 0.317 e. The molecule has 1 aliphatic heterocycles. The first-order valence-electron chi connectivity index (χ1n) is 19.3. The summed E-state index contributed by atoms with van der Waals surface area (Å²) in [6.07, 6.45) is 4.48. The lowest BCUT2D eigenvalue weighted by Gasteiger charge is -2.43. The van der Waals surface area contributed by atoms with Crippen molar-refractivity contribution in [2.45, 2.75) is 64.7 Å². The number of fused-ring (bicyclic) bond motifs is 6. The Bertz CT molecular complexity index is 2580. The summed E-state index contributed by atoms with van der Waals surface area (Å²) >= 11 is 0. The minimum atomic E-state index is -0.177. The third kappa shape index (κ3) is 5.47. The zero-order valence-electron chi connectivity index (χ0n) is 32.5. The molecule has 0 amide bonds. The van der Waals surface area contributed by atoms with Crippen molar-refractivity contribution in [1.29, 1.82) is 0 Å². The van der Waals surface area contributed by atoms with Gasteiger partial charge in [-0.15, -0.1) is 0 Å². The van der Waals surface area contributed by atoms with E-state index < -0.39 is 0 Å². The van der Waals surface area contributed by atoms with E-state index in [4.69, 9.17) is 0 Å². The van der Waals surface area contributed by atoms with Gasteiger partial charge in [-0.3, -0.25) is 0 Å². The molecule has 7 aromatic rings. The molecule has 0 atom stereocenters. The molecule has 2 aliphatic rings. The highest BCUT2D eigenvalue weighted by molar-refractivity contribution is 5.92. The first-order valence-corrected chi connectivity index (χ1v) is 19.3. The van der Waals surface area contributed by atoms with Gasteiger partial charge in [-0.2, -0.15) is 0 Å². The maximum Gasteiger partial charge on any atom is 0.0506 e. The van der Waals surface area contributed by atoms with Gasteiger partial charge in [0.25, 0.3) is 0 Å². The zero-order valence-corrected chi connectivity index (χ0v) is 32.5. The van der Waals surface area contributed by atoms with Gasteiger partial charge in [0.05, 0.1) is 11.4 Å². The topological polar surface area (TPSA) is 6.48 Å². The van der Waals surface area contributed by atoms with E-state index in [1.165, 1.54) is 72.3 Å². The molecule has 9 rings (SSSR count). The molecule has 0 fully saturated rings. The van der Waals surface area contributed by atoms with Crippen molar-refractivity contribution in [3.63, 3.8) is 0 Å². The summed E-state index contributed by atoms with van der Waals surface area (Å²) in [7, 11) is 0. The number of hydrogen-bond donors (Lipinski definition) is 0. The number of anilines is 5. The van der Waals surface area contributed by atoms with E-state index in [2.05, 4.69) is 222 Å². The van der Waals surface area contributed by atoms with Crippen molar-refractivity contribution in [1.82, 2.24) is 0 Å². The van der Waals surface area contributed by atoms with E-state index in [9.17, 15) is 0 Å². The number of rotatable bonds is 5. The van der Waals surface area contributed by atoms with Crippen molar-refractivity contribution in [2.24, 2.45) is 0 Å². The lowest BCUT2D eigenvalue weighted by molar-refractivity contribution is 0.590. The first kappa shape index (κ1) is 33.9. The second kappa shape index (κ2) is 12.4. The molecule has 266 valence electrons. The molecule has 54 heavy (non-hydrogen) atoms. The van der Waals surface area contributed by atoms with Crippen LogP contribution >= 0.6 is 0 Å². The Labute approximate surface area is 321 Å². The molecule has 0 saturated carbocycles. The standard InChI is InChI=1S/C52H48N2/c1-50(2,3)38-23-26-40(27-24-38)54-48-20-14-13-19-44(48)51(4,5)47-33-43-42-28-21-35(31-45(42)52(6,7)46(43)34-49(47)54)29-30-53(39-17-9-8-10-18-39)41-25-22-36-15-11-12-16-37(36)32-41/h8-34H,1-7H3/b30-29+. The van der Waals surface area contributed by atoms with Crippen LogP contribution in [0.5, 0.6) is 0 Å². The van der Waals surface area contributed by atoms with Crippen LogP contribution in [0.2, 0.25) is 0 Å². The van der Waals surface area contributed by atoms with Crippen LogP contribution in [-0.2, 0) is 16.2 Å². The molecule has 1 aliphatic carbocycles. The van der Waals surface area contributed by atoms with Gasteiger partial charge in [0.15, 0.2) is 0 Å². The van der Waals surface area contributed by atoms with Crippen LogP contribution < -0.4 is 9.80 Å². The Kier molecular flexibility index (Phi) is 7.76. The molecule has 2 nitrogen and oxygen atoms in total. The van der Waals surface area contributed by atoms with Crippen LogP contribution in [0.15, 0.2) is 158 Å². The van der Waals surface area contributed by atoms with E-state index in [1.54, 1.807) is 0 Å². The molecule has 0 aromatic heterocycles. The van der Waals surface area contributed by atoms with Crippen molar-refractivity contribution >= 4 is 45.3 Å². The molecule has 0 saturated heterocycles. The monoisotopic (exact) mass is 700 g/mol. The van der Waals surface area contributed by atoms with Crippen molar-refractivity contribution < 1.29 is 0 Å². The predicted octanol–water partition coefficient (Wildman–Crippen LogP) is 14.4. The van der Waals surface area contributed by atoms with Crippen LogP contribution in [0.1, 0.15) is 81.8 Å². The summed E-state index contributed by atoms with van der Waals surface area (Å²) in [6.45, 7) is 16.4. The quantitative estimate of drug-likeness (QED) is 0.176. The Morgan fingerprint density at radius 1 is 0.500 bits per heavy atom. The van der Waals surface area contributed by atoms with Gasteiger partial charge in [0, 0.05) is 34.1 Å². The minimum Gasteiger partial charge on any atom is -0.317 e. The molecule has 0 spiro atoms. The summed E-state index contributed by atoms with van der Waals surface area (Å²) in [5.41, 5.74) is 16.4. The Morgan fingerprint density at radius 2 is 1.17 bits per heavy atom. The molecule has 0 bridgehead atoms. The van der Waals surface area contributed by atoms with Crippen LogP contribution in [0.25, 0.3) is 28.0 Å². The van der Waals surface area contributed by atoms with Gasteiger partial charge < -0.3 is 9.80 Å². The molecular weight excluding hydrogens is 653 g/mol. The fourth-order valence-electron chi connectivity index (χ4n) is 8.83. The van der Waals surface area contributed by atoms with E-state index in [1.807, 2.05) is 0 Å². The zero-order chi connectivity index (χ0) is 37.4. The normalized spacial score (nSPS) is 15.1. The first-order chi connectivity index (χ1) is 25.9. The maximum absolute atomic E-state index is 2.51. The lowest BCUT2D eigenvalue weighted by Crippen LogP contribution is -2.31. The highest BCUT2D eigenvalue weighted by Crippen LogP contribution is 2.57. The van der Waals surface area contributed by atoms with Crippen LogP contribution in [0.4, 0.5) is 28.4 Å². The average molecular weight is 701 g/mol. The predicted molar refractivity (Wildman–Crippen MR) is 231 cm³/mol. The fourth-order valence-corrected chi connectivity index (χ4v) is 8.83. The highest BCUT2D eigenvalue weighted by Gasteiger charge is 2.42. The molecule has 0 unspecified atom stereocenters. The van der Waals surface area contributed by atoms with Crippen molar-refractivity contribution in [3.8, 4) is 11.1 Å². The summed E-state index contributed by atoms with van der Waals surface area (Å²) in [6, 6.07) is 56.2. The number of hydrogen-bond acceptors (Lipinski definition) is 2. The molecule has 1 heterocycles. The third-order valence-corrected chi connectivity index (χ3v) is 12.0. The number of para-hydroxylation sites is 2. The molecule has 0 radical (unpaired) electrons. The van der Waals surface area contributed by atoms with Crippen molar-refractivity contribution in [2.75, 3.05) is 9.80 Å². The van der Waals surface area contributed by atoms with Gasteiger partial charge in [0.2, 0.25) is 0 Å². The van der Waals surface area contributed by atoms with Gasteiger partial charge >= 0.3 is 0 Å². The Balaban J connectivity index is 1.13. The third-order valence-electron chi connectivity index (χ3n) is 12.0. The van der Waals surface area contributed by atoms with Crippen LogP contribution in [0, 0.1) is 0 Å².